The number of rotatable bonds is 1. The number of hydrogen-bond donors (Lipinski definition) is 1. The molecule has 0 radical (unpaired) electrons. The number of nitrogens with two attached hydrogens (primary N) is 1. The van der Waals surface area contributed by atoms with Crippen molar-refractivity contribution in [3.63, 3.8) is 0 Å². The van der Waals surface area contributed by atoms with Gasteiger partial charge >= 0.3 is 0 Å². The summed E-state index contributed by atoms with van der Waals surface area (Å²) in [4.78, 5) is 3.71. The predicted molar refractivity (Wildman–Crippen MR) is 50.7 cm³/mol. The van der Waals surface area contributed by atoms with E-state index in [1.807, 2.05) is 0 Å². The fourth-order valence-corrected chi connectivity index (χ4v) is 1.21. The Morgan fingerprint density at radius 1 is 1.19 bits per heavy atom. The van der Waals surface area contributed by atoms with Crippen LogP contribution in [-0.2, 0) is 7.05 Å². The second kappa shape index (κ2) is 3.51. The molecule has 2 N–H and O–H groups in total. The first-order chi connectivity index (χ1) is 7.50. The minimum atomic E-state index is -1.55. The van der Waals surface area contributed by atoms with E-state index in [4.69, 9.17) is 5.73 Å². The summed E-state index contributed by atoms with van der Waals surface area (Å²) in [6.07, 6.45) is 0. The van der Waals surface area contributed by atoms with Gasteiger partial charge in [0.1, 0.15) is 0 Å². The van der Waals surface area contributed by atoms with Gasteiger partial charge in [0.05, 0.1) is 5.56 Å². The van der Waals surface area contributed by atoms with Crippen molar-refractivity contribution < 1.29 is 13.2 Å². The second-order valence-electron chi connectivity index (χ2n) is 3.14. The van der Waals surface area contributed by atoms with Crippen LogP contribution in [0, 0.1) is 17.5 Å². The van der Waals surface area contributed by atoms with Gasteiger partial charge in [0, 0.05) is 7.05 Å². The Morgan fingerprint density at radius 2 is 1.88 bits per heavy atom. The average molecular weight is 228 g/mol. The van der Waals surface area contributed by atoms with Crippen LogP contribution in [0.25, 0.3) is 11.4 Å². The Bertz CT molecular complexity index is 530. The van der Waals surface area contributed by atoms with Crippen molar-refractivity contribution in [3.8, 4) is 11.4 Å². The normalized spacial score (nSPS) is 10.8. The van der Waals surface area contributed by atoms with Gasteiger partial charge in [-0.1, -0.05) is 0 Å². The third-order valence-electron chi connectivity index (χ3n) is 2.07. The number of aromatic nitrogens is 3. The Hall–Kier alpha value is -2.05. The molecule has 7 heteroatoms. The van der Waals surface area contributed by atoms with E-state index in [0.717, 1.165) is 12.1 Å². The van der Waals surface area contributed by atoms with Gasteiger partial charge in [-0.05, 0) is 12.1 Å². The minimum Gasteiger partial charge on any atom is -0.368 e. The van der Waals surface area contributed by atoms with Crippen LogP contribution in [0.15, 0.2) is 12.1 Å². The SMILES string of the molecule is Cn1nc(-c2ccc(F)c(F)c2F)nc1N. The minimum absolute atomic E-state index is 0.0548. The van der Waals surface area contributed by atoms with Crippen molar-refractivity contribution in [1.82, 2.24) is 14.8 Å². The Balaban J connectivity index is 2.61. The van der Waals surface area contributed by atoms with Gasteiger partial charge in [-0.15, -0.1) is 5.10 Å². The lowest BCUT2D eigenvalue weighted by Gasteiger charge is -1.99. The third-order valence-corrected chi connectivity index (χ3v) is 2.07. The van der Waals surface area contributed by atoms with Crippen molar-refractivity contribution in [2.45, 2.75) is 0 Å². The maximum absolute atomic E-state index is 13.3. The molecule has 0 saturated heterocycles. The molecule has 0 amide bonds. The molecule has 0 atom stereocenters. The molecule has 1 aromatic heterocycles. The number of benzene rings is 1. The van der Waals surface area contributed by atoms with E-state index in [1.54, 1.807) is 0 Å². The number of halogens is 3. The van der Waals surface area contributed by atoms with Crippen LogP contribution < -0.4 is 5.73 Å². The van der Waals surface area contributed by atoms with Crippen molar-refractivity contribution >= 4 is 5.95 Å². The number of aryl methyl sites for hydroxylation is 1. The smallest absolute Gasteiger partial charge is 0.218 e. The Kier molecular flexibility index (Phi) is 2.30. The summed E-state index contributed by atoms with van der Waals surface area (Å²) in [5, 5.41) is 3.76. The van der Waals surface area contributed by atoms with Crippen LogP contribution >= 0.6 is 0 Å². The standard InChI is InChI=1S/C9H7F3N4/c1-16-9(13)14-8(15-16)4-2-3-5(10)7(12)6(4)11/h2-3H,1H3,(H2,13,14,15). The van der Waals surface area contributed by atoms with Gasteiger partial charge in [-0.2, -0.15) is 4.98 Å². The zero-order valence-electron chi connectivity index (χ0n) is 8.21. The Morgan fingerprint density at radius 3 is 2.44 bits per heavy atom. The Labute approximate surface area is 88.5 Å². The van der Waals surface area contributed by atoms with Crippen LogP contribution in [0.4, 0.5) is 19.1 Å². The first kappa shape index (κ1) is 10.5. The fraction of sp³-hybridized carbons (Fsp3) is 0.111. The first-order valence-corrected chi connectivity index (χ1v) is 4.31. The summed E-state index contributed by atoms with van der Waals surface area (Å²) in [7, 11) is 1.50. The van der Waals surface area contributed by atoms with E-state index in [1.165, 1.54) is 11.7 Å². The monoisotopic (exact) mass is 228 g/mol. The first-order valence-electron chi connectivity index (χ1n) is 4.31. The molecule has 0 aliphatic heterocycles. The second-order valence-corrected chi connectivity index (χ2v) is 3.14. The lowest BCUT2D eigenvalue weighted by atomic mass is 10.2. The van der Waals surface area contributed by atoms with Crippen LogP contribution in [0.2, 0.25) is 0 Å². The molecule has 4 nitrogen and oxygen atoms in total. The van der Waals surface area contributed by atoms with Gasteiger partial charge in [-0.25, -0.2) is 17.9 Å². The zero-order chi connectivity index (χ0) is 11.9. The fourth-order valence-electron chi connectivity index (χ4n) is 1.21. The molecular formula is C9H7F3N4. The molecule has 0 unspecified atom stereocenters. The molecule has 16 heavy (non-hydrogen) atoms. The highest BCUT2D eigenvalue weighted by molar-refractivity contribution is 5.57. The highest BCUT2D eigenvalue weighted by Gasteiger charge is 2.18. The van der Waals surface area contributed by atoms with E-state index >= 15 is 0 Å². The molecule has 0 aliphatic carbocycles. The third kappa shape index (κ3) is 1.50. The van der Waals surface area contributed by atoms with Gasteiger partial charge in [0.15, 0.2) is 23.3 Å². The van der Waals surface area contributed by atoms with E-state index in [9.17, 15) is 13.2 Å². The molecule has 2 rings (SSSR count). The molecule has 0 fully saturated rings. The lowest BCUT2D eigenvalue weighted by Crippen LogP contribution is -1.97. The van der Waals surface area contributed by atoms with Crippen LogP contribution in [0.3, 0.4) is 0 Å². The molecule has 0 bridgehead atoms. The molecule has 2 aromatic rings. The summed E-state index contributed by atoms with van der Waals surface area (Å²) in [6, 6.07) is 1.86. The van der Waals surface area contributed by atoms with Crippen LogP contribution in [-0.4, -0.2) is 14.8 Å². The van der Waals surface area contributed by atoms with Gasteiger partial charge < -0.3 is 5.73 Å². The maximum atomic E-state index is 13.3. The largest absolute Gasteiger partial charge is 0.368 e. The summed E-state index contributed by atoms with van der Waals surface area (Å²) in [6.45, 7) is 0. The highest BCUT2D eigenvalue weighted by atomic mass is 19.2. The predicted octanol–water partition coefficient (Wildman–Crippen LogP) is 1.48. The van der Waals surface area contributed by atoms with E-state index in [-0.39, 0.29) is 17.3 Å². The van der Waals surface area contributed by atoms with Crippen LogP contribution in [0.5, 0.6) is 0 Å². The molecule has 84 valence electrons. The topological polar surface area (TPSA) is 56.7 Å². The quantitative estimate of drug-likeness (QED) is 0.752. The highest BCUT2D eigenvalue weighted by Crippen LogP contribution is 2.23. The van der Waals surface area contributed by atoms with E-state index in [2.05, 4.69) is 10.1 Å². The number of nitrogen functional groups attached to an aromatic ring is 1. The molecular weight excluding hydrogens is 221 g/mol. The van der Waals surface area contributed by atoms with Crippen LogP contribution in [0.1, 0.15) is 0 Å². The number of anilines is 1. The number of hydrogen-bond acceptors (Lipinski definition) is 3. The van der Waals surface area contributed by atoms with E-state index in [0.29, 0.717) is 0 Å². The molecule has 1 aromatic carbocycles. The zero-order valence-corrected chi connectivity index (χ0v) is 8.21. The van der Waals surface area contributed by atoms with Crippen molar-refractivity contribution in [3.05, 3.63) is 29.6 Å². The maximum Gasteiger partial charge on any atom is 0.218 e. The van der Waals surface area contributed by atoms with Crippen molar-refractivity contribution in [2.24, 2.45) is 7.05 Å². The molecule has 0 aliphatic rings. The average Bonchev–Trinajstić information content (AvgIpc) is 2.56. The van der Waals surface area contributed by atoms with Gasteiger partial charge in [-0.3, -0.25) is 0 Å². The molecule has 0 spiro atoms. The summed E-state index contributed by atoms with van der Waals surface area (Å²) < 4.78 is 40.2. The summed E-state index contributed by atoms with van der Waals surface area (Å²) in [5.74, 6) is -4.17. The summed E-state index contributed by atoms with van der Waals surface area (Å²) in [5.41, 5.74) is 5.16. The van der Waals surface area contributed by atoms with Crippen molar-refractivity contribution in [2.75, 3.05) is 5.73 Å². The number of nitrogens with zero attached hydrogens (tertiary/aromatic N) is 3. The molecule has 0 saturated carbocycles. The van der Waals surface area contributed by atoms with Gasteiger partial charge in [0.25, 0.3) is 0 Å². The van der Waals surface area contributed by atoms with Crippen molar-refractivity contribution in [1.29, 1.82) is 0 Å². The lowest BCUT2D eigenvalue weighted by molar-refractivity contribution is 0.448. The van der Waals surface area contributed by atoms with Gasteiger partial charge in [0.2, 0.25) is 5.95 Å². The molecule has 1 heterocycles. The van der Waals surface area contributed by atoms with E-state index < -0.39 is 17.5 Å². The summed E-state index contributed by atoms with van der Waals surface area (Å²) >= 11 is 0.